The first-order valence-electron chi connectivity index (χ1n) is 8.53. The van der Waals surface area contributed by atoms with Crippen molar-refractivity contribution in [3.05, 3.63) is 64.2 Å². The van der Waals surface area contributed by atoms with Crippen LogP contribution >= 0.6 is 22.7 Å². The zero-order valence-corrected chi connectivity index (χ0v) is 16.9. The fourth-order valence-corrected chi connectivity index (χ4v) is 6.58. The lowest BCUT2D eigenvalue weighted by atomic mass is 10.1. The van der Waals surface area contributed by atoms with Gasteiger partial charge in [0.15, 0.2) is 0 Å². The van der Waals surface area contributed by atoms with Gasteiger partial charge in [-0.15, -0.1) is 22.7 Å². The minimum Gasteiger partial charge on any atom is -0.335 e. The lowest BCUT2D eigenvalue weighted by molar-refractivity contribution is 0.0703. The SMILES string of the molecule is O=C(c1sccc1-c1ccccc1)N1CCN(S(=O)(=O)c2cccs2)CC1. The quantitative estimate of drug-likeness (QED) is 0.650. The maximum Gasteiger partial charge on any atom is 0.264 e. The predicted octanol–water partition coefficient (Wildman–Crippen LogP) is 3.62. The van der Waals surface area contributed by atoms with Crippen molar-refractivity contribution in [3.63, 3.8) is 0 Å². The number of rotatable bonds is 4. The zero-order chi connectivity index (χ0) is 18.9. The molecule has 0 radical (unpaired) electrons. The summed E-state index contributed by atoms with van der Waals surface area (Å²) in [6.45, 7) is 1.43. The maximum absolute atomic E-state index is 13.0. The molecule has 140 valence electrons. The lowest BCUT2D eigenvalue weighted by Crippen LogP contribution is -2.50. The molecule has 1 aliphatic heterocycles. The Morgan fingerprint density at radius 1 is 0.852 bits per heavy atom. The van der Waals surface area contributed by atoms with Gasteiger partial charge in [-0.1, -0.05) is 36.4 Å². The fourth-order valence-electron chi connectivity index (χ4n) is 3.13. The van der Waals surface area contributed by atoms with Crippen molar-refractivity contribution in [2.24, 2.45) is 0 Å². The second-order valence-corrected chi connectivity index (χ2v) is 10.2. The molecule has 0 aliphatic carbocycles. The monoisotopic (exact) mass is 418 g/mol. The smallest absolute Gasteiger partial charge is 0.264 e. The zero-order valence-electron chi connectivity index (χ0n) is 14.4. The van der Waals surface area contributed by atoms with Crippen molar-refractivity contribution >= 4 is 38.6 Å². The molecule has 27 heavy (non-hydrogen) atoms. The van der Waals surface area contributed by atoms with E-state index in [1.54, 1.807) is 22.4 Å². The van der Waals surface area contributed by atoms with Crippen molar-refractivity contribution in [1.29, 1.82) is 0 Å². The molecule has 3 aromatic rings. The largest absolute Gasteiger partial charge is 0.335 e. The molecule has 0 atom stereocenters. The normalized spacial score (nSPS) is 15.8. The molecule has 1 fully saturated rings. The van der Waals surface area contributed by atoms with Crippen molar-refractivity contribution in [1.82, 2.24) is 9.21 Å². The Labute approximate surface area is 166 Å². The van der Waals surface area contributed by atoms with Gasteiger partial charge in [-0.05, 0) is 28.5 Å². The van der Waals surface area contributed by atoms with Gasteiger partial charge in [0.25, 0.3) is 15.9 Å². The highest BCUT2D eigenvalue weighted by Crippen LogP contribution is 2.30. The third-order valence-corrected chi connectivity index (χ3v) is 8.73. The van der Waals surface area contributed by atoms with Gasteiger partial charge in [-0.25, -0.2) is 8.42 Å². The van der Waals surface area contributed by atoms with E-state index in [1.807, 2.05) is 41.8 Å². The molecule has 1 aromatic carbocycles. The summed E-state index contributed by atoms with van der Waals surface area (Å²) in [5.74, 6) is -0.0305. The van der Waals surface area contributed by atoms with E-state index in [2.05, 4.69) is 0 Å². The van der Waals surface area contributed by atoms with E-state index in [-0.39, 0.29) is 5.91 Å². The van der Waals surface area contributed by atoms with Crippen LogP contribution in [0.5, 0.6) is 0 Å². The van der Waals surface area contributed by atoms with Crippen molar-refractivity contribution in [2.75, 3.05) is 26.2 Å². The highest BCUT2D eigenvalue weighted by atomic mass is 32.2. The van der Waals surface area contributed by atoms with Gasteiger partial charge in [0, 0.05) is 31.7 Å². The van der Waals surface area contributed by atoms with Gasteiger partial charge in [0.1, 0.15) is 4.21 Å². The first kappa shape index (κ1) is 18.4. The molecule has 1 saturated heterocycles. The molecule has 1 aliphatic rings. The van der Waals surface area contributed by atoms with E-state index in [9.17, 15) is 13.2 Å². The molecule has 0 spiro atoms. The number of carbonyl (C=O) groups is 1. The van der Waals surface area contributed by atoms with Crippen LogP contribution in [0.4, 0.5) is 0 Å². The van der Waals surface area contributed by atoms with Gasteiger partial charge < -0.3 is 4.90 Å². The number of amides is 1. The van der Waals surface area contributed by atoms with E-state index in [0.717, 1.165) is 11.1 Å². The summed E-state index contributed by atoms with van der Waals surface area (Å²) in [4.78, 5) is 15.5. The number of piperazine rings is 1. The van der Waals surface area contributed by atoms with Crippen molar-refractivity contribution in [2.45, 2.75) is 4.21 Å². The van der Waals surface area contributed by atoms with Gasteiger partial charge in [-0.2, -0.15) is 4.31 Å². The predicted molar refractivity (Wildman–Crippen MR) is 109 cm³/mol. The van der Waals surface area contributed by atoms with Crippen molar-refractivity contribution in [3.8, 4) is 11.1 Å². The number of carbonyl (C=O) groups excluding carboxylic acids is 1. The van der Waals surface area contributed by atoms with Crippen LogP contribution in [-0.2, 0) is 10.0 Å². The van der Waals surface area contributed by atoms with Gasteiger partial charge in [-0.3, -0.25) is 4.79 Å². The number of nitrogens with zero attached hydrogens (tertiary/aromatic N) is 2. The molecule has 1 amide bonds. The first-order valence-corrected chi connectivity index (χ1v) is 11.7. The molecule has 5 nitrogen and oxygen atoms in total. The summed E-state index contributed by atoms with van der Waals surface area (Å²) < 4.78 is 27.1. The summed E-state index contributed by atoms with van der Waals surface area (Å²) in [7, 11) is -3.46. The number of sulfonamides is 1. The molecule has 0 saturated carbocycles. The molecule has 8 heteroatoms. The van der Waals surface area contributed by atoms with Crippen LogP contribution in [0.3, 0.4) is 0 Å². The molecule has 0 bridgehead atoms. The third kappa shape index (κ3) is 3.58. The summed E-state index contributed by atoms with van der Waals surface area (Å²) in [5, 5.41) is 3.68. The summed E-state index contributed by atoms with van der Waals surface area (Å²) in [6.07, 6.45) is 0. The van der Waals surface area contributed by atoms with E-state index in [4.69, 9.17) is 0 Å². The van der Waals surface area contributed by atoms with E-state index < -0.39 is 10.0 Å². The van der Waals surface area contributed by atoms with Gasteiger partial charge in [0.2, 0.25) is 0 Å². The minimum absolute atomic E-state index is 0.0305. The molecule has 0 N–H and O–H groups in total. The second kappa shape index (κ2) is 7.55. The lowest BCUT2D eigenvalue weighted by Gasteiger charge is -2.33. The molecule has 4 rings (SSSR count). The third-order valence-electron chi connectivity index (χ3n) is 4.56. The van der Waals surface area contributed by atoms with Crippen LogP contribution in [0, 0.1) is 0 Å². The van der Waals surface area contributed by atoms with Gasteiger partial charge >= 0.3 is 0 Å². The fraction of sp³-hybridized carbons (Fsp3) is 0.211. The Balaban J connectivity index is 1.48. The Bertz CT molecular complexity index is 1020. The van der Waals surface area contributed by atoms with Crippen LogP contribution < -0.4 is 0 Å². The van der Waals surface area contributed by atoms with Crippen LogP contribution in [0.1, 0.15) is 9.67 Å². The second-order valence-electron chi connectivity index (χ2n) is 6.16. The first-order chi connectivity index (χ1) is 13.1. The Kier molecular flexibility index (Phi) is 5.14. The summed E-state index contributed by atoms with van der Waals surface area (Å²) in [5.41, 5.74) is 1.94. The highest BCUT2D eigenvalue weighted by Gasteiger charge is 2.31. The standard InChI is InChI=1S/C19H18N2O3S3/c22-19(18-16(8-14-26-18)15-5-2-1-3-6-15)20-9-11-21(12-10-20)27(23,24)17-7-4-13-25-17/h1-8,13-14H,9-12H2. The number of hydrogen-bond donors (Lipinski definition) is 0. The average Bonchev–Trinajstić information content (AvgIpc) is 3.40. The van der Waals surface area contributed by atoms with Crippen LogP contribution in [0.25, 0.3) is 11.1 Å². The van der Waals surface area contributed by atoms with Crippen LogP contribution in [0.15, 0.2) is 63.5 Å². The molecular weight excluding hydrogens is 400 g/mol. The van der Waals surface area contributed by atoms with Crippen molar-refractivity contribution < 1.29 is 13.2 Å². The number of hydrogen-bond acceptors (Lipinski definition) is 5. The average molecular weight is 419 g/mol. The number of benzene rings is 1. The van der Waals surface area contributed by atoms with Crippen LogP contribution in [0.2, 0.25) is 0 Å². The maximum atomic E-state index is 13.0. The minimum atomic E-state index is -3.46. The molecule has 0 unspecified atom stereocenters. The van der Waals surface area contributed by atoms with Gasteiger partial charge in [0.05, 0.1) is 4.88 Å². The Morgan fingerprint density at radius 2 is 1.59 bits per heavy atom. The summed E-state index contributed by atoms with van der Waals surface area (Å²) in [6, 6.07) is 15.2. The summed E-state index contributed by atoms with van der Waals surface area (Å²) >= 11 is 2.65. The molecular formula is C19H18N2O3S3. The van der Waals surface area contributed by atoms with E-state index in [1.165, 1.54) is 27.0 Å². The van der Waals surface area contributed by atoms with E-state index >= 15 is 0 Å². The molecule has 2 aromatic heterocycles. The van der Waals surface area contributed by atoms with E-state index in [0.29, 0.717) is 35.3 Å². The number of thiophene rings is 2. The topological polar surface area (TPSA) is 57.7 Å². The highest BCUT2D eigenvalue weighted by molar-refractivity contribution is 7.91. The Hall–Kier alpha value is -2.00. The molecule has 3 heterocycles. The van der Waals surface area contributed by atoms with Crippen LogP contribution in [-0.4, -0.2) is 49.7 Å². The Morgan fingerprint density at radius 3 is 2.26 bits per heavy atom.